The average Bonchev–Trinajstić information content (AvgIpc) is 2.73. The minimum absolute atomic E-state index is 0.0616. The highest BCUT2D eigenvalue weighted by molar-refractivity contribution is 7.27. The number of thiophene rings is 2. The van der Waals surface area contributed by atoms with E-state index in [-0.39, 0.29) is 11.9 Å². The SMILES string of the molecule is CC(C)CC(C)NC(=O)c1cc2sccc2s1. The molecule has 0 spiro atoms. The highest BCUT2D eigenvalue weighted by Crippen LogP contribution is 2.29. The summed E-state index contributed by atoms with van der Waals surface area (Å²) in [5, 5.41) is 5.11. The van der Waals surface area contributed by atoms with Crippen molar-refractivity contribution >= 4 is 38.0 Å². The molecule has 0 bridgehead atoms. The Bertz CT molecular complexity index is 484. The summed E-state index contributed by atoms with van der Waals surface area (Å²) in [5.41, 5.74) is 0. The largest absolute Gasteiger partial charge is 0.349 e. The molecule has 0 fully saturated rings. The van der Waals surface area contributed by atoms with Gasteiger partial charge in [-0.15, -0.1) is 22.7 Å². The van der Waals surface area contributed by atoms with Crippen LogP contribution in [-0.4, -0.2) is 11.9 Å². The maximum absolute atomic E-state index is 12.0. The fourth-order valence-corrected chi connectivity index (χ4v) is 3.95. The van der Waals surface area contributed by atoms with Crippen molar-refractivity contribution in [3.05, 3.63) is 22.4 Å². The fourth-order valence-electron chi connectivity index (χ4n) is 1.94. The van der Waals surface area contributed by atoms with E-state index in [2.05, 4.69) is 37.5 Å². The normalized spacial score (nSPS) is 13.2. The lowest BCUT2D eigenvalue weighted by atomic mass is 10.1. The molecule has 0 saturated carbocycles. The van der Waals surface area contributed by atoms with Crippen LogP contribution in [0.25, 0.3) is 9.40 Å². The van der Waals surface area contributed by atoms with E-state index in [9.17, 15) is 4.79 Å². The molecule has 0 radical (unpaired) electrons. The van der Waals surface area contributed by atoms with Crippen molar-refractivity contribution in [1.29, 1.82) is 0 Å². The third-order valence-corrected chi connectivity index (χ3v) is 4.66. The van der Waals surface area contributed by atoms with Crippen molar-refractivity contribution in [3.63, 3.8) is 0 Å². The Labute approximate surface area is 110 Å². The molecule has 1 amide bonds. The minimum atomic E-state index is 0.0616. The van der Waals surface area contributed by atoms with Crippen LogP contribution in [0.5, 0.6) is 0 Å². The molecule has 0 aliphatic heterocycles. The van der Waals surface area contributed by atoms with Gasteiger partial charge in [-0.25, -0.2) is 0 Å². The molecule has 2 rings (SSSR count). The van der Waals surface area contributed by atoms with E-state index >= 15 is 0 Å². The molecule has 2 nitrogen and oxygen atoms in total. The van der Waals surface area contributed by atoms with Crippen LogP contribution >= 0.6 is 22.7 Å². The van der Waals surface area contributed by atoms with Gasteiger partial charge >= 0.3 is 0 Å². The Morgan fingerprint density at radius 3 is 2.76 bits per heavy atom. The van der Waals surface area contributed by atoms with Crippen LogP contribution in [0.4, 0.5) is 0 Å². The van der Waals surface area contributed by atoms with Gasteiger partial charge in [0, 0.05) is 15.4 Å². The number of amides is 1. The standard InChI is InChI=1S/C13H17NOS2/c1-8(2)6-9(3)14-13(15)12-7-11-10(17-12)4-5-16-11/h4-5,7-9H,6H2,1-3H3,(H,14,15). The molecule has 0 aromatic carbocycles. The van der Waals surface area contributed by atoms with Crippen LogP contribution in [0, 0.1) is 5.92 Å². The van der Waals surface area contributed by atoms with Crippen molar-refractivity contribution < 1.29 is 4.79 Å². The number of hydrogen-bond acceptors (Lipinski definition) is 3. The van der Waals surface area contributed by atoms with Crippen LogP contribution in [0.1, 0.15) is 36.9 Å². The smallest absolute Gasteiger partial charge is 0.261 e. The summed E-state index contributed by atoms with van der Waals surface area (Å²) in [7, 11) is 0. The fraction of sp³-hybridized carbons (Fsp3) is 0.462. The lowest BCUT2D eigenvalue weighted by Gasteiger charge is -2.15. The molecule has 17 heavy (non-hydrogen) atoms. The monoisotopic (exact) mass is 267 g/mol. The molecule has 2 aromatic rings. The molecule has 4 heteroatoms. The van der Waals surface area contributed by atoms with Crippen LogP contribution in [0.2, 0.25) is 0 Å². The molecule has 1 N–H and O–H groups in total. The third kappa shape index (κ3) is 3.07. The first-order valence-corrected chi connectivity index (χ1v) is 7.53. The highest BCUT2D eigenvalue weighted by atomic mass is 32.1. The number of hydrogen-bond donors (Lipinski definition) is 1. The summed E-state index contributed by atoms with van der Waals surface area (Å²) < 4.78 is 2.41. The quantitative estimate of drug-likeness (QED) is 0.886. The lowest BCUT2D eigenvalue weighted by molar-refractivity contribution is 0.0940. The van der Waals surface area contributed by atoms with Gasteiger partial charge in [0.05, 0.1) is 4.88 Å². The summed E-state index contributed by atoms with van der Waals surface area (Å²) in [6, 6.07) is 4.30. The summed E-state index contributed by atoms with van der Waals surface area (Å²) in [4.78, 5) is 12.8. The Morgan fingerprint density at radius 1 is 1.35 bits per heavy atom. The minimum Gasteiger partial charge on any atom is -0.349 e. The molecule has 1 atom stereocenters. The van der Waals surface area contributed by atoms with Gasteiger partial charge in [-0.2, -0.15) is 0 Å². The second-order valence-corrected chi connectivity index (χ2v) is 6.80. The van der Waals surface area contributed by atoms with Crippen LogP contribution in [-0.2, 0) is 0 Å². The summed E-state index contributed by atoms with van der Waals surface area (Å²) in [5.74, 6) is 0.670. The molecule has 0 aliphatic rings. The van der Waals surface area contributed by atoms with Crippen LogP contribution in [0.3, 0.4) is 0 Å². The molecular weight excluding hydrogens is 250 g/mol. The van der Waals surface area contributed by atoms with Gasteiger partial charge < -0.3 is 5.32 Å². The Kier molecular flexibility index (Phi) is 3.84. The first kappa shape index (κ1) is 12.6. The van der Waals surface area contributed by atoms with E-state index in [0.29, 0.717) is 5.92 Å². The predicted octanol–water partition coefficient (Wildman–Crippen LogP) is 4.13. The average molecular weight is 267 g/mol. The summed E-state index contributed by atoms with van der Waals surface area (Å²) in [6.07, 6.45) is 1.02. The van der Waals surface area contributed by atoms with E-state index in [1.54, 1.807) is 22.7 Å². The first-order valence-electron chi connectivity index (χ1n) is 5.84. The van der Waals surface area contributed by atoms with Crippen molar-refractivity contribution in [1.82, 2.24) is 5.32 Å². The van der Waals surface area contributed by atoms with Crippen molar-refractivity contribution in [2.75, 3.05) is 0 Å². The van der Waals surface area contributed by atoms with E-state index in [4.69, 9.17) is 0 Å². The Balaban J connectivity index is 2.02. The van der Waals surface area contributed by atoms with Gasteiger partial charge in [0.1, 0.15) is 0 Å². The number of fused-ring (bicyclic) bond motifs is 1. The molecule has 92 valence electrons. The molecule has 1 unspecified atom stereocenters. The maximum atomic E-state index is 12.0. The van der Waals surface area contributed by atoms with Gasteiger partial charge in [0.25, 0.3) is 5.91 Å². The molecule has 2 aromatic heterocycles. The van der Waals surface area contributed by atoms with Crippen molar-refractivity contribution in [3.8, 4) is 0 Å². The topological polar surface area (TPSA) is 29.1 Å². The zero-order valence-electron chi connectivity index (χ0n) is 10.3. The molecular formula is C13H17NOS2. The van der Waals surface area contributed by atoms with Crippen molar-refractivity contribution in [2.45, 2.75) is 33.2 Å². The van der Waals surface area contributed by atoms with Gasteiger partial charge in [-0.3, -0.25) is 4.79 Å². The second kappa shape index (κ2) is 5.19. The second-order valence-electron chi connectivity index (χ2n) is 4.76. The number of nitrogens with one attached hydrogen (secondary N) is 1. The summed E-state index contributed by atoms with van der Waals surface area (Å²) >= 11 is 3.26. The lowest BCUT2D eigenvalue weighted by Crippen LogP contribution is -2.32. The predicted molar refractivity (Wildman–Crippen MR) is 76.1 cm³/mol. The molecule has 0 saturated heterocycles. The zero-order chi connectivity index (χ0) is 12.4. The Morgan fingerprint density at radius 2 is 2.12 bits per heavy atom. The maximum Gasteiger partial charge on any atom is 0.261 e. The molecule has 0 aliphatic carbocycles. The number of carbonyl (C=O) groups excluding carboxylic acids is 1. The first-order chi connectivity index (χ1) is 8.06. The van der Waals surface area contributed by atoms with Crippen LogP contribution in [0.15, 0.2) is 17.5 Å². The molecule has 2 heterocycles. The summed E-state index contributed by atoms with van der Waals surface area (Å²) in [6.45, 7) is 6.40. The van der Waals surface area contributed by atoms with Gasteiger partial charge in [-0.05, 0) is 36.8 Å². The van der Waals surface area contributed by atoms with E-state index in [0.717, 1.165) is 11.3 Å². The van der Waals surface area contributed by atoms with Gasteiger partial charge in [-0.1, -0.05) is 13.8 Å². The zero-order valence-corrected chi connectivity index (χ0v) is 12.0. The Hall–Kier alpha value is -0.870. The third-order valence-electron chi connectivity index (χ3n) is 2.57. The van der Waals surface area contributed by atoms with E-state index in [1.165, 1.54) is 9.40 Å². The van der Waals surface area contributed by atoms with Crippen LogP contribution < -0.4 is 5.32 Å². The number of rotatable bonds is 4. The number of carbonyl (C=O) groups is 1. The van der Waals surface area contributed by atoms with E-state index < -0.39 is 0 Å². The van der Waals surface area contributed by atoms with Crippen molar-refractivity contribution in [2.24, 2.45) is 5.92 Å². The van der Waals surface area contributed by atoms with E-state index in [1.807, 2.05) is 6.07 Å². The highest BCUT2D eigenvalue weighted by Gasteiger charge is 2.14. The van der Waals surface area contributed by atoms with Gasteiger partial charge in [0.15, 0.2) is 0 Å². The van der Waals surface area contributed by atoms with Gasteiger partial charge in [0.2, 0.25) is 0 Å².